The molecular weight excluding hydrogens is 304 g/mol. The van der Waals surface area contributed by atoms with Crippen LogP contribution in [0.2, 0.25) is 0 Å². The number of ether oxygens (including phenoxy) is 1. The zero-order valence-electron chi connectivity index (χ0n) is 14.3. The Bertz CT molecular complexity index is 549. The first-order valence-corrected chi connectivity index (χ1v) is 8.86. The van der Waals surface area contributed by atoms with E-state index < -0.39 is 6.10 Å². The number of hydrogen-bond donors (Lipinski definition) is 2. The Labute approximate surface area is 143 Å². The minimum absolute atomic E-state index is 0.00910. The Morgan fingerprint density at radius 2 is 2.04 bits per heavy atom. The highest BCUT2D eigenvalue weighted by molar-refractivity contribution is 5.80. The van der Waals surface area contributed by atoms with E-state index in [0.717, 1.165) is 24.8 Å². The second kappa shape index (κ2) is 7.64. The van der Waals surface area contributed by atoms with Crippen LogP contribution < -0.4 is 5.73 Å². The summed E-state index contributed by atoms with van der Waals surface area (Å²) in [6.45, 7) is 0.969. The van der Waals surface area contributed by atoms with Gasteiger partial charge in [-0.1, -0.05) is 30.3 Å². The van der Waals surface area contributed by atoms with Crippen LogP contribution in [0.3, 0.4) is 0 Å². The number of benzene rings is 1. The van der Waals surface area contributed by atoms with Gasteiger partial charge in [0.2, 0.25) is 5.91 Å². The molecule has 3 rings (SSSR count). The Kier molecular flexibility index (Phi) is 5.54. The molecular formula is C19H28N2O3. The van der Waals surface area contributed by atoms with Crippen molar-refractivity contribution >= 4 is 5.91 Å². The van der Waals surface area contributed by atoms with Crippen molar-refractivity contribution in [3.8, 4) is 0 Å². The van der Waals surface area contributed by atoms with Crippen molar-refractivity contribution in [2.24, 2.45) is 23.5 Å². The molecule has 132 valence electrons. The van der Waals surface area contributed by atoms with E-state index in [1.807, 2.05) is 30.3 Å². The summed E-state index contributed by atoms with van der Waals surface area (Å²) in [6, 6.07) is 9.83. The van der Waals surface area contributed by atoms with Crippen molar-refractivity contribution < 1.29 is 14.6 Å². The zero-order chi connectivity index (χ0) is 17.1. The van der Waals surface area contributed by atoms with Crippen LogP contribution in [-0.2, 0) is 16.1 Å². The van der Waals surface area contributed by atoms with E-state index in [1.54, 1.807) is 11.9 Å². The molecule has 5 unspecified atom stereocenters. The molecule has 5 heteroatoms. The average Bonchev–Trinajstić information content (AvgIpc) is 3.16. The number of carbonyl (C=O) groups excluding carboxylic acids is 1. The molecule has 0 spiro atoms. The van der Waals surface area contributed by atoms with Crippen molar-refractivity contribution in [2.75, 3.05) is 20.2 Å². The van der Waals surface area contributed by atoms with Gasteiger partial charge in [-0.25, -0.2) is 0 Å². The molecule has 5 atom stereocenters. The number of carbonyl (C=O) groups is 1. The van der Waals surface area contributed by atoms with Crippen molar-refractivity contribution in [3.63, 3.8) is 0 Å². The lowest BCUT2D eigenvalue weighted by molar-refractivity contribution is -0.138. The summed E-state index contributed by atoms with van der Waals surface area (Å²) in [5.74, 6) is 0.964. The first kappa shape index (κ1) is 17.4. The quantitative estimate of drug-likeness (QED) is 0.791. The lowest BCUT2D eigenvalue weighted by Crippen LogP contribution is -2.47. The van der Waals surface area contributed by atoms with E-state index in [2.05, 4.69) is 0 Å². The molecule has 0 aromatic heterocycles. The molecule has 3 N–H and O–H groups in total. The van der Waals surface area contributed by atoms with Gasteiger partial charge in [-0.3, -0.25) is 4.79 Å². The SMILES string of the molecule is CN(CC(O)COCc1ccccc1)C(=O)C1C2CCC(C2)C1N. The molecule has 0 saturated heterocycles. The van der Waals surface area contributed by atoms with E-state index in [9.17, 15) is 9.90 Å². The van der Waals surface area contributed by atoms with Crippen LogP contribution in [0.5, 0.6) is 0 Å². The van der Waals surface area contributed by atoms with Gasteiger partial charge in [0.15, 0.2) is 0 Å². The second-order valence-electron chi connectivity index (χ2n) is 7.31. The summed E-state index contributed by atoms with van der Waals surface area (Å²) in [7, 11) is 1.75. The number of nitrogens with two attached hydrogens (primary N) is 1. The molecule has 2 saturated carbocycles. The largest absolute Gasteiger partial charge is 0.389 e. The maximum atomic E-state index is 12.7. The van der Waals surface area contributed by atoms with E-state index in [-0.39, 0.29) is 31.0 Å². The predicted octanol–water partition coefficient (Wildman–Crippen LogP) is 1.40. The van der Waals surface area contributed by atoms with Crippen LogP contribution in [0.1, 0.15) is 24.8 Å². The number of aliphatic hydroxyl groups excluding tert-OH is 1. The maximum absolute atomic E-state index is 12.7. The monoisotopic (exact) mass is 332 g/mol. The van der Waals surface area contributed by atoms with E-state index >= 15 is 0 Å². The average molecular weight is 332 g/mol. The van der Waals surface area contributed by atoms with E-state index in [0.29, 0.717) is 18.4 Å². The van der Waals surface area contributed by atoms with Crippen LogP contribution in [0.4, 0.5) is 0 Å². The second-order valence-corrected chi connectivity index (χ2v) is 7.31. The highest BCUT2D eigenvalue weighted by Gasteiger charge is 2.49. The Hall–Kier alpha value is -1.43. The topological polar surface area (TPSA) is 75.8 Å². The highest BCUT2D eigenvalue weighted by Crippen LogP contribution is 2.48. The van der Waals surface area contributed by atoms with Crippen LogP contribution in [0.15, 0.2) is 30.3 Å². The Morgan fingerprint density at radius 1 is 1.33 bits per heavy atom. The number of fused-ring (bicyclic) bond motifs is 2. The summed E-state index contributed by atoms with van der Waals surface area (Å²) in [5, 5.41) is 10.1. The van der Waals surface area contributed by atoms with Gasteiger partial charge in [0.1, 0.15) is 0 Å². The molecule has 1 amide bonds. The standard InChI is InChI=1S/C19H28N2O3/c1-21(19(23)17-14-7-8-15(9-14)18(17)20)10-16(22)12-24-11-13-5-3-2-4-6-13/h2-6,14-18,22H,7-12,20H2,1H3. The van der Waals surface area contributed by atoms with Gasteiger partial charge < -0.3 is 20.5 Å². The number of rotatable bonds is 7. The fourth-order valence-electron chi connectivity index (χ4n) is 4.30. The summed E-state index contributed by atoms with van der Waals surface area (Å²) < 4.78 is 5.55. The van der Waals surface area contributed by atoms with Crippen molar-refractivity contribution in [2.45, 2.75) is 38.0 Å². The summed E-state index contributed by atoms with van der Waals surface area (Å²) in [5.41, 5.74) is 7.31. The summed E-state index contributed by atoms with van der Waals surface area (Å²) in [6.07, 6.45) is 2.69. The molecule has 2 aliphatic carbocycles. The first-order valence-electron chi connectivity index (χ1n) is 8.86. The van der Waals surface area contributed by atoms with Crippen molar-refractivity contribution in [3.05, 3.63) is 35.9 Å². The molecule has 0 radical (unpaired) electrons. The van der Waals surface area contributed by atoms with Gasteiger partial charge in [-0.2, -0.15) is 0 Å². The van der Waals surface area contributed by atoms with Gasteiger partial charge in [0, 0.05) is 19.6 Å². The highest BCUT2D eigenvalue weighted by atomic mass is 16.5. The summed E-state index contributed by atoms with van der Waals surface area (Å²) in [4.78, 5) is 14.3. The third-order valence-corrected chi connectivity index (χ3v) is 5.55. The van der Waals surface area contributed by atoms with Crippen LogP contribution >= 0.6 is 0 Å². The molecule has 2 aliphatic rings. The smallest absolute Gasteiger partial charge is 0.227 e. The predicted molar refractivity (Wildman–Crippen MR) is 92.0 cm³/mol. The molecule has 24 heavy (non-hydrogen) atoms. The minimum Gasteiger partial charge on any atom is -0.389 e. The molecule has 5 nitrogen and oxygen atoms in total. The molecule has 2 bridgehead atoms. The molecule has 2 fully saturated rings. The minimum atomic E-state index is -0.683. The number of aliphatic hydroxyl groups is 1. The normalized spacial score (nSPS) is 29.6. The first-order chi connectivity index (χ1) is 11.6. The van der Waals surface area contributed by atoms with Gasteiger partial charge in [-0.05, 0) is 36.7 Å². The van der Waals surface area contributed by atoms with E-state index in [1.165, 1.54) is 0 Å². The van der Waals surface area contributed by atoms with Crippen LogP contribution in [0, 0.1) is 17.8 Å². The van der Waals surface area contributed by atoms with Crippen molar-refractivity contribution in [1.82, 2.24) is 4.90 Å². The van der Waals surface area contributed by atoms with E-state index in [4.69, 9.17) is 10.5 Å². The lowest BCUT2D eigenvalue weighted by atomic mass is 9.84. The third-order valence-electron chi connectivity index (χ3n) is 5.55. The third kappa shape index (κ3) is 3.79. The Morgan fingerprint density at radius 3 is 2.71 bits per heavy atom. The number of hydrogen-bond acceptors (Lipinski definition) is 4. The number of nitrogens with zero attached hydrogens (tertiary/aromatic N) is 1. The number of likely N-dealkylation sites (N-methyl/N-ethyl adjacent to an activating group) is 1. The fourth-order valence-corrected chi connectivity index (χ4v) is 4.30. The fraction of sp³-hybridized carbons (Fsp3) is 0.632. The number of amides is 1. The van der Waals surface area contributed by atoms with Crippen LogP contribution in [-0.4, -0.2) is 48.3 Å². The molecule has 1 aromatic carbocycles. The Balaban J connectivity index is 1.42. The van der Waals surface area contributed by atoms with Gasteiger partial charge in [0.05, 0.1) is 25.2 Å². The van der Waals surface area contributed by atoms with Gasteiger partial charge in [-0.15, -0.1) is 0 Å². The van der Waals surface area contributed by atoms with Gasteiger partial charge in [0.25, 0.3) is 0 Å². The lowest BCUT2D eigenvalue weighted by Gasteiger charge is -2.31. The van der Waals surface area contributed by atoms with Crippen LogP contribution in [0.25, 0.3) is 0 Å². The molecule has 0 heterocycles. The summed E-state index contributed by atoms with van der Waals surface area (Å²) >= 11 is 0. The molecule has 1 aromatic rings. The zero-order valence-corrected chi connectivity index (χ0v) is 14.3. The van der Waals surface area contributed by atoms with Gasteiger partial charge >= 0.3 is 0 Å². The molecule has 0 aliphatic heterocycles. The van der Waals surface area contributed by atoms with Crippen molar-refractivity contribution in [1.29, 1.82) is 0 Å². The maximum Gasteiger partial charge on any atom is 0.227 e.